The highest BCUT2D eigenvalue weighted by Crippen LogP contribution is 2.35. The zero-order valence-electron chi connectivity index (χ0n) is 36.6. The molecule has 66 heavy (non-hydrogen) atoms. The fraction of sp³-hybridized carbons (Fsp3) is 0.312. The van der Waals surface area contributed by atoms with Crippen molar-refractivity contribution in [2.75, 3.05) is 39.3 Å². The van der Waals surface area contributed by atoms with Crippen LogP contribution >= 0.6 is 0 Å². The lowest BCUT2D eigenvalue weighted by molar-refractivity contribution is -0.127. The number of piperidine rings is 3. The Morgan fingerprint density at radius 3 is 1.02 bits per heavy atom. The Labute approximate surface area is 380 Å². The molecular formula is C48H54N12O6. The molecule has 3 aliphatic rings. The number of carbonyl (C=O) groups is 6. The van der Waals surface area contributed by atoms with Crippen LogP contribution in [0, 0.1) is 0 Å². The van der Waals surface area contributed by atoms with Gasteiger partial charge in [-0.1, -0.05) is 19.7 Å². The van der Waals surface area contributed by atoms with Crippen molar-refractivity contribution in [1.82, 2.24) is 44.6 Å². The summed E-state index contributed by atoms with van der Waals surface area (Å²) in [6.45, 7) is 14.8. The van der Waals surface area contributed by atoms with Crippen LogP contribution in [0.2, 0.25) is 0 Å². The van der Waals surface area contributed by atoms with Gasteiger partial charge in [0, 0.05) is 110 Å². The van der Waals surface area contributed by atoms with E-state index in [0.29, 0.717) is 36.2 Å². The Morgan fingerprint density at radius 1 is 0.500 bits per heavy atom. The third kappa shape index (κ3) is 9.62. The molecule has 0 radical (unpaired) electrons. The number of nitrogens with zero attached hydrogens (tertiary/aromatic N) is 6. The zero-order valence-corrected chi connectivity index (χ0v) is 36.6. The van der Waals surface area contributed by atoms with Gasteiger partial charge < -0.3 is 46.9 Å². The summed E-state index contributed by atoms with van der Waals surface area (Å²) in [6.07, 6.45) is 20.3. The van der Waals surface area contributed by atoms with Gasteiger partial charge in [0.05, 0.1) is 16.6 Å². The van der Waals surface area contributed by atoms with Crippen LogP contribution in [-0.2, 0) is 14.4 Å². The Morgan fingerprint density at radius 2 is 0.773 bits per heavy atom. The number of aromatic amines is 3. The monoisotopic (exact) mass is 894 g/mol. The molecule has 0 aromatic carbocycles. The Kier molecular flexibility index (Phi) is 14.2. The van der Waals surface area contributed by atoms with E-state index in [1.165, 1.54) is 18.2 Å². The molecule has 9 heterocycles. The fourth-order valence-electron chi connectivity index (χ4n) is 9.44. The van der Waals surface area contributed by atoms with Gasteiger partial charge >= 0.3 is 0 Å². The molecule has 9 rings (SSSR count). The maximum Gasteiger partial charge on any atom is 0.269 e. The number of carbonyl (C=O) groups excluding carboxylic acids is 6. The van der Waals surface area contributed by atoms with Gasteiger partial charge in [-0.3, -0.25) is 28.8 Å². The van der Waals surface area contributed by atoms with Gasteiger partial charge in [-0.15, -0.1) is 0 Å². The summed E-state index contributed by atoms with van der Waals surface area (Å²) in [4.78, 5) is 97.0. The van der Waals surface area contributed by atoms with Crippen molar-refractivity contribution in [2.24, 2.45) is 17.2 Å². The minimum atomic E-state index is -0.550. The highest BCUT2D eigenvalue weighted by molar-refractivity contribution is 6.05. The van der Waals surface area contributed by atoms with E-state index in [4.69, 9.17) is 17.2 Å². The number of hydrogen-bond acceptors (Lipinski definition) is 9. The van der Waals surface area contributed by atoms with E-state index < -0.39 is 17.7 Å². The molecule has 0 bridgehead atoms. The molecule has 18 nitrogen and oxygen atoms in total. The van der Waals surface area contributed by atoms with Crippen molar-refractivity contribution in [3.63, 3.8) is 0 Å². The van der Waals surface area contributed by atoms with Crippen LogP contribution in [0.4, 0.5) is 0 Å². The lowest BCUT2D eigenvalue weighted by atomic mass is 9.89. The molecule has 0 saturated carbocycles. The smallest absolute Gasteiger partial charge is 0.269 e. The molecule has 1 unspecified atom stereocenters. The molecule has 3 fully saturated rings. The van der Waals surface area contributed by atoms with E-state index in [9.17, 15) is 28.8 Å². The Hall–Kier alpha value is -7.89. The first kappa shape index (κ1) is 46.1. The van der Waals surface area contributed by atoms with Crippen LogP contribution in [0.5, 0.6) is 0 Å². The summed E-state index contributed by atoms with van der Waals surface area (Å²) >= 11 is 0. The average Bonchev–Trinajstić information content (AvgIpc) is 4.15. The van der Waals surface area contributed by atoms with Gasteiger partial charge in [0.2, 0.25) is 17.7 Å². The first-order valence-electron chi connectivity index (χ1n) is 21.9. The van der Waals surface area contributed by atoms with Gasteiger partial charge in [0.1, 0.15) is 0 Å². The third-order valence-electron chi connectivity index (χ3n) is 12.6. The van der Waals surface area contributed by atoms with E-state index in [1.54, 1.807) is 37.2 Å². The van der Waals surface area contributed by atoms with Gasteiger partial charge in [-0.25, -0.2) is 15.0 Å². The van der Waals surface area contributed by atoms with Crippen LogP contribution in [0.1, 0.15) is 104 Å². The van der Waals surface area contributed by atoms with Crippen molar-refractivity contribution >= 4 is 68.2 Å². The molecule has 6 aromatic rings. The number of primary amides is 3. The molecule has 0 spiro atoms. The van der Waals surface area contributed by atoms with Crippen molar-refractivity contribution in [2.45, 2.75) is 56.3 Å². The van der Waals surface area contributed by atoms with Crippen molar-refractivity contribution < 1.29 is 28.8 Å². The number of amides is 6. The molecule has 6 aromatic heterocycles. The number of nitrogens with two attached hydrogens (primary N) is 3. The van der Waals surface area contributed by atoms with Crippen molar-refractivity contribution in [3.05, 3.63) is 127 Å². The lowest BCUT2D eigenvalue weighted by Crippen LogP contribution is -2.38. The largest absolute Gasteiger partial charge is 0.364 e. The number of pyridine rings is 3. The quantitative estimate of drug-likeness (QED) is 0.110. The minimum Gasteiger partial charge on any atom is -0.364 e. The van der Waals surface area contributed by atoms with E-state index in [0.717, 1.165) is 91.0 Å². The summed E-state index contributed by atoms with van der Waals surface area (Å²) in [6, 6.07) is 5.77. The molecule has 342 valence electrons. The van der Waals surface area contributed by atoms with Crippen LogP contribution in [0.15, 0.2) is 93.3 Å². The Bertz CT molecular complexity index is 2550. The molecular weight excluding hydrogens is 841 g/mol. The van der Waals surface area contributed by atoms with E-state index in [2.05, 4.69) is 49.6 Å². The molecule has 9 N–H and O–H groups in total. The van der Waals surface area contributed by atoms with Crippen molar-refractivity contribution in [1.29, 1.82) is 0 Å². The topological polar surface area (TPSA) is 276 Å². The molecule has 3 atom stereocenters. The summed E-state index contributed by atoms with van der Waals surface area (Å²) in [7, 11) is 0. The number of hydrogen-bond donors (Lipinski definition) is 6. The highest BCUT2D eigenvalue weighted by Gasteiger charge is 2.29. The molecule has 6 amide bonds. The number of H-pyrrole nitrogens is 3. The lowest BCUT2D eigenvalue weighted by Gasteiger charge is -2.32. The van der Waals surface area contributed by atoms with E-state index in [1.807, 2.05) is 32.9 Å². The molecule has 3 saturated heterocycles. The number of rotatable bonds is 9. The average molecular weight is 895 g/mol. The van der Waals surface area contributed by atoms with Crippen LogP contribution in [0.3, 0.4) is 0 Å². The van der Waals surface area contributed by atoms with Crippen LogP contribution in [0.25, 0.3) is 32.7 Å². The number of fused-ring (bicyclic) bond motifs is 3. The van der Waals surface area contributed by atoms with Crippen LogP contribution < -0.4 is 17.2 Å². The first-order chi connectivity index (χ1) is 31.8. The number of aromatic nitrogens is 6. The summed E-state index contributed by atoms with van der Waals surface area (Å²) < 4.78 is 0. The van der Waals surface area contributed by atoms with Crippen LogP contribution in [-0.4, -0.2) is 119 Å². The third-order valence-corrected chi connectivity index (χ3v) is 12.6. The van der Waals surface area contributed by atoms with Gasteiger partial charge in [0.15, 0.2) is 17.1 Å². The summed E-state index contributed by atoms with van der Waals surface area (Å²) in [5.74, 6) is -1.19. The Balaban J connectivity index is 0.000000147. The van der Waals surface area contributed by atoms with Crippen molar-refractivity contribution in [3.8, 4) is 0 Å². The van der Waals surface area contributed by atoms with E-state index in [-0.39, 0.29) is 52.6 Å². The fourth-order valence-corrected chi connectivity index (χ4v) is 9.44. The highest BCUT2D eigenvalue weighted by atomic mass is 16.2. The summed E-state index contributed by atoms with van der Waals surface area (Å²) in [5, 5.41) is 2.84. The van der Waals surface area contributed by atoms with Gasteiger partial charge in [-0.05, 0) is 91.6 Å². The number of nitrogens with one attached hydrogen (secondary N) is 3. The standard InChI is InChI=1S/3C16H18N4O2/c3*1-2-13(21)20-7-3-4-10(9-20)12-8-19-15(16(17)22)14-11(12)5-6-18-14/h3*2,5-6,8,10,18H,1,3-4,7,9H2,(H2,17,22)/t2*10-;/m10./s1. The second kappa shape index (κ2) is 20.3. The predicted molar refractivity (Wildman–Crippen MR) is 250 cm³/mol. The molecule has 3 aliphatic heterocycles. The van der Waals surface area contributed by atoms with Gasteiger partial charge in [-0.2, -0.15) is 0 Å². The maximum atomic E-state index is 11.8. The van der Waals surface area contributed by atoms with E-state index >= 15 is 0 Å². The zero-order chi connectivity index (χ0) is 47.1. The normalized spacial score (nSPS) is 18.4. The van der Waals surface area contributed by atoms with Gasteiger partial charge in [0.25, 0.3) is 17.7 Å². The second-order valence-electron chi connectivity index (χ2n) is 16.6. The minimum absolute atomic E-state index is 0.0447. The molecule has 0 aliphatic carbocycles. The number of likely N-dealkylation sites (tertiary alicyclic amines) is 3. The molecule has 18 heteroatoms. The maximum absolute atomic E-state index is 11.8. The predicted octanol–water partition coefficient (Wildman–Crippen LogP) is 4.66. The first-order valence-corrected chi connectivity index (χ1v) is 21.9. The summed E-state index contributed by atoms with van der Waals surface area (Å²) in [5.41, 5.74) is 22.0. The second-order valence-corrected chi connectivity index (χ2v) is 16.6. The SMILES string of the molecule is C=CC(=O)N1CCCC(c2cnc(C(N)=O)c3[nH]ccc23)C1.C=CC(=O)N1CCC[C@@H](c2cnc(C(N)=O)c3[nH]ccc23)C1.C=CC(=O)N1CCC[C@H](c2cnc(C(N)=O)c3[nH]ccc23)C1.